The lowest BCUT2D eigenvalue weighted by molar-refractivity contribution is -0.114. The molecule has 4 rings (SSSR count). The second-order valence-corrected chi connectivity index (χ2v) is 9.94. The van der Waals surface area contributed by atoms with Crippen LogP contribution in [-0.4, -0.2) is 38.2 Å². The second kappa shape index (κ2) is 7.08. The molecule has 2 atom stereocenters. The summed E-state index contributed by atoms with van der Waals surface area (Å²) >= 11 is 1.39. The summed E-state index contributed by atoms with van der Waals surface area (Å²) in [5.74, 6) is 0.406. The number of hydrogen-bond donors (Lipinski definition) is 1. The molecule has 1 saturated carbocycles. The minimum Gasteiger partial charge on any atom is -0.331 e. The van der Waals surface area contributed by atoms with Crippen molar-refractivity contribution in [1.82, 2.24) is 9.88 Å². The number of carbonyl (C=O) groups is 2. The third-order valence-corrected chi connectivity index (χ3v) is 7.51. The molecule has 2 aliphatic rings. The zero-order valence-corrected chi connectivity index (χ0v) is 18.0. The topological polar surface area (TPSA) is 79.4 Å². The monoisotopic (exact) mass is 417 g/mol. The summed E-state index contributed by atoms with van der Waals surface area (Å²) in [5, 5.41) is 3.26. The first-order valence-corrected chi connectivity index (χ1v) is 11.7. The molecule has 1 aromatic carbocycles. The van der Waals surface area contributed by atoms with E-state index < -0.39 is 10.8 Å². The molecule has 0 saturated heterocycles. The quantitative estimate of drug-likeness (QED) is 0.807. The Morgan fingerprint density at radius 2 is 2.11 bits per heavy atom. The highest BCUT2D eigenvalue weighted by Gasteiger charge is 2.40. The van der Waals surface area contributed by atoms with Crippen LogP contribution in [0.3, 0.4) is 0 Å². The van der Waals surface area contributed by atoms with Crippen molar-refractivity contribution in [2.24, 2.45) is 5.92 Å². The van der Waals surface area contributed by atoms with Gasteiger partial charge >= 0.3 is 0 Å². The maximum atomic E-state index is 13.1. The van der Waals surface area contributed by atoms with Gasteiger partial charge in [0.2, 0.25) is 5.91 Å². The predicted molar refractivity (Wildman–Crippen MR) is 111 cm³/mol. The molecule has 1 aromatic heterocycles. The summed E-state index contributed by atoms with van der Waals surface area (Å²) < 4.78 is 12.5. The molecule has 0 spiro atoms. The van der Waals surface area contributed by atoms with Gasteiger partial charge in [0.05, 0.1) is 31.8 Å². The van der Waals surface area contributed by atoms with Crippen LogP contribution in [0.1, 0.15) is 48.3 Å². The molecule has 0 bridgehead atoms. The van der Waals surface area contributed by atoms with Crippen LogP contribution in [0, 0.1) is 12.8 Å². The highest BCUT2D eigenvalue weighted by molar-refractivity contribution is 7.84. The SMILES string of the molecule is CC(=O)Nc1nc(C)c(-c2cc3c(c([S@](C)=O)c2)C(=O)N(C(C)C2CC2)C3)s1. The van der Waals surface area contributed by atoms with Gasteiger partial charge in [-0.15, -0.1) is 0 Å². The van der Waals surface area contributed by atoms with Crippen LogP contribution in [-0.2, 0) is 22.1 Å². The Balaban J connectivity index is 1.77. The van der Waals surface area contributed by atoms with Gasteiger partial charge in [0, 0.05) is 25.8 Å². The number of aromatic nitrogens is 1. The van der Waals surface area contributed by atoms with Gasteiger partial charge in [-0.05, 0) is 55.9 Å². The number of anilines is 1. The minimum absolute atomic E-state index is 0.00823. The van der Waals surface area contributed by atoms with Crippen molar-refractivity contribution < 1.29 is 13.8 Å². The van der Waals surface area contributed by atoms with E-state index in [-0.39, 0.29) is 17.9 Å². The summed E-state index contributed by atoms with van der Waals surface area (Å²) in [7, 11) is -1.28. The van der Waals surface area contributed by atoms with E-state index in [9.17, 15) is 13.8 Å². The van der Waals surface area contributed by atoms with Crippen LogP contribution < -0.4 is 5.32 Å². The maximum absolute atomic E-state index is 13.1. The molecule has 0 radical (unpaired) electrons. The van der Waals surface area contributed by atoms with Gasteiger partial charge in [0.1, 0.15) is 0 Å². The van der Waals surface area contributed by atoms with Gasteiger partial charge in [-0.2, -0.15) is 0 Å². The molecule has 8 heteroatoms. The van der Waals surface area contributed by atoms with E-state index >= 15 is 0 Å². The largest absolute Gasteiger partial charge is 0.331 e. The highest BCUT2D eigenvalue weighted by Crippen LogP contribution is 2.41. The van der Waals surface area contributed by atoms with Crippen molar-refractivity contribution in [2.45, 2.75) is 51.1 Å². The van der Waals surface area contributed by atoms with Crippen LogP contribution >= 0.6 is 11.3 Å². The van der Waals surface area contributed by atoms with Crippen LogP contribution in [0.15, 0.2) is 17.0 Å². The average Bonchev–Trinajstić information content (AvgIpc) is 3.33. The van der Waals surface area contributed by atoms with E-state index in [0.717, 1.165) is 21.7 Å². The van der Waals surface area contributed by atoms with Gasteiger partial charge in [-0.3, -0.25) is 13.8 Å². The van der Waals surface area contributed by atoms with Crippen molar-refractivity contribution in [3.63, 3.8) is 0 Å². The van der Waals surface area contributed by atoms with E-state index in [1.54, 1.807) is 6.26 Å². The molecule has 28 heavy (non-hydrogen) atoms. The summed E-state index contributed by atoms with van der Waals surface area (Å²) in [5.41, 5.74) is 3.22. The summed E-state index contributed by atoms with van der Waals surface area (Å²) in [6, 6.07) is 4.07. The molecule has 6 nitrogen and oxygen atoms in total. The number of nitrogens with zero attached hydrogens (tertiary/aromatic N) is 2. The Bertz CT molecular complexity index is 1010. The van der Waals surface area contributed by atoms with E-state index in [1.165, 1.54) is 31.1 Å². The molecular formula is C20H23N3O3S2. The number of carbonyl (C=O) groups excluding carboxylic acids is 2. The molecular weight excluding hydrogens is 394 g/mol. The minimum atomic E-state index is -1.28. The van der Waals surface area contributed by atoms with Gasteiger partial charge in [-0.25, -0.2) is 4.98 Å². The lowest BCUT2D eigenvalue weighted by Gasteiger charge is -2.24. The summed E-state index contributed by atoms with van der Waals surface area (Å²) in [6.45, 7) is 6.00. The van der Waals surface area contributed by atoms with E-state index in [0.29, 0.717) is 28.1 Å². The van der Waals surface area contributed by atoms with Crippen molar-refractivity contribution in [2.75, 3.05) is 11.6 Å². The Morgan fingerprint density at radius 3 is 2.71 bits per heavy atom. The zero-order chi connectivity index (χ0) is 20.2. The Labute approximate surface area is 170 Å². The second-order valence-electron chi connectivity index (χ2n) is 7.59. The number of aryl methyl sites for hydroxylation is 1. The number of amides is 2. The molecule has 148 valence electrons. The molecule has 2 aromatic rings. The average molecular weight is 418 g/mol. The van der Waals surface area contributed by atoms with Gasteiger partial charge in [0.25, 0.3) is 5.91 Å². The third kappa shape index (κ3) is 3.39. The van der Waals surface area contributed by atoms with Gasteiger partial charge in [-0.1, -0.05) is 11.3 Å². The first-order chi connectivity index (χ1) is 13.3. The maximum Gasteiger partial charge on any atom is 0.255 e. The molecule has 2 heterocycles. The number of hydrogen-bond acceptors (Lipinski definition) is 5. The number of nitrogens with one attached hydrogen (secondary N) is 1. The van der Waals surface area contributed by atoms with Crippen LogP contribution in [0.25, 0.3) is 10.4 Å². The van der Waals surface area contributed by atoms with E-state index in [2.05, 4.69) is 17.2 Å². The van der Waals surface area contributed by atoms with E-state index in [1.807, 2.05) is 24.0 Å². The Hall–Kier alpha value is -2.06. The number of benzene rings is 1. The lowest BCUT2D eigenvalue weighted by Crippen LogP contribution is -2.34. The van der Waals surface area contributed by atoms with Crippen LogP contribution in [0.2, 0.25) is 0 Å². The normalized spacial score (nSPS) is 18.1. The zero-order valence-electron chi connectivity index (χ0n) is 16.4. The fraction of sp³-hybridized carbons (Fsp3) is 0.450. The molecule has 1 unspecified atom stereocenters. The molecule has 1 aliphatic carbocycles. The number of thiazole rings is 1. The highest BCUT2D eigenvalue weighted by atomic mass is 32.2. The lowest BCUT2D eigenvalue weighted by atomic mass is 10.0. The van der Waals surface area contributed by atoms with Crippen molar-refractivity contribution in [1.29, 1.82) is 0 Å². The fourth-order valence-corrected chi connectivity index (χ4v) is 5.63. The summed E-state index contributed by atoms with van der Waals surface area (Å²) in [6.07, 6.45) is 3.96. The van der Waals surface area contributed by atoms with Gasteiger partial charge < -0.3 is 10.2 Å². The standard InChI is InChI=1S/C20H23N3O3S2/c1-10-18(27-20(21-10)22-12(3)24)14-7-15-9-23(11(2)13-5-6-13)19(25)17(15)16(8-14)28(4)26/h7-8,11,13H,5-6,9H2,1-4H3,(H,21,22,24)/t11?,28-/m0/s1. The summed E-state index contributed by atoms with van der Waals surface area (Å²) in [4.78, 5) is 32.2. The molecule has 1 fully saturated rings. The molecule has 1 N–H and O–H groups in total. The van der Waals surface area contributed by atoms with Crippen molar-refractivity contribution in [3.05, 3.63) is 29.0 Å². The van der Waals surface area contributed by atoms with Crippen LogP contribution in [0.4, 0.5) is 5.13 Å². The van der Waals surface area contributed by atoms with Gasteiger partial charge in [0.15, 0.2) is 5.13 Å². The fourth-order valence-electron chi connectivity index (χ4n) is 3.83. The number of fused-ring (bicyclic) bond motifs is 1. The van der Waals surface area contributed by atoms with E-state index in [4.69, 9.17) is 0 Å². The Morgan fingerprint density at radius 1 is 1.39 bits per heavy atom. The Kier molecular flexibility index (Phi) is 4.87. The third-order valence-electron chi connectivity index (χ3n) is 5.45. The predicted octanol–water partition coefficient (Wildman–Crippen LogP) is 3.57. The first-order valence-electron chi connectivity index (χ1n) is 9.33. The smallest absolute Gasteiger partial charge is 0.255 e. The molecule has 2 amide bonds. The van der Waals surface area contributed by atoms with Crippen molar-refractivity contribution in [3.8, 4) is 10.4 Å². The molecule has 1 aliphatic heterocycles. The first kappa shape index (κ1) is 19.3. The number of rotatable bonds is 5. The van der Waals surface area contributed by atoms with Crippen LogP contribution in [0.5, 0.6) is 0 Å². The van der Waals surface area contributed by atoms with Crippen molar-refractivity contribution >= 4 is 39.1 Å².